The number of rotatable bonds is 40. The molecule has 502 valence electrons. The Morgan fingerprint density at radius 2 is 0.947 bits per heavy atom. The molecule has 7 heterocycles. The number of hydrogen-bond acceptors (Lipinski definition) is 12. The molecular weight excluding hydrogens is 1280 g/mol. The lowest BCUT2D eigenvalue weighted by atomic mass is 9.73. The standard InChI is InChI=1S/C80H101N3O5S6/c1-9-15-21-27-35-55-46-68(89-67(55)51-72-77(85)83(53-88-54-84)78(94-72)61(52-81)79(86)87)73-58(37-29-23-17-11-3)48-70(91-73)75-60(39-31-25-19-13-5)50-71(93-75)76-59(38-30-24-18-12-4)49-69(92-76)74-57(36-28-22-16-10-2)47-66(90-74)56-42-43-65-63(45-56)80(7,8)62-40-32-33-41-64(62)82(65)44-34-26-20-14-6/h32-33,40-43,45-51,54H,9-31,34-39,44,53H2,1-8H3,(H,86,87)/b72-51?,78-61+. The predicted molar refractivity (Wildman–Crippen MR) is 407 cm³/mol. The van der Waals surface area contributed by atoms with E-state index in [0.29, 0.717) is 4.53 Å². The number of thiazole rings is 1. The molecule has 0 unspecified atom stereocenters. The van der Waals surface area contributed by atoms with Gasteiger partial charge in [-0.05, 0) is 170 Å². The van der Waals surface area contributed by atoms with Crippen molar-refractivity contribution in [1.82, 2.24) is 4.57 Å². The van der Waals surface area contributed by atoms with Crippen LogP contribution in [0, 0.1) is 11.3 Å². The van der Waals surface area contributed by atoms with Gasteiger partial charge in [-0.2, -0.15) is 5.26 Å². The van der Waals surface area contributed by atoms with Crippen molar-refractivity contribution in [3.63, 3.8) is 0 Å². The molecule has 1 N–H and O–H groups in total. The van der Waals surface area contributed by atoms with Gasteiger partial charge in [0.25, 0.3) is 12.0 Å². The van der Waals surface area contributed by atoms with Gasteiger partial charge in [-0.3, -0.25) is 14.2 Å². The van der Waals surface area contributed by atoms with Gasteiger partial charge in [-0.1, -0.05) is 195 Å². The van der Waals surface area contributed by atoms with E-state index in [-0.39, 0.29) is 16.6 Å². The molecule has 6 aromatic heterocycles. The summed E-state index contributed by atoms with van der Waals surface area (Å²) in [5.41, 5.74) is 12.6. The van der Waals surface area contributed by atoms with Crippen LogP contribution in [0.25, 0.3) is 61.1 Å². The van der Waals surface area contributed by atoms with Crippen LogP contribution < -0.4 is 19.7 Å². The maximum absolute atomic E-state index is 14.1. The highest BCUT2D eigenvalue weighted by atomic mass is 32.1. The third kappa shape index (κ3) is 17.7. The highest BCUT2D eigenvalue weighted by Gasteiger charge is 2.36. The van der Waals surface area contributed by atoms with Crippen molar-refractivity contribution in [2.75, 3.05) is 11.4 Å². The first-order chi connectivity index (χ1) is 45.8. The number of benzene rings is 2. The van der Waals surface area contributed by atoms with Gasteiger partial charge in [0, 0.05) is 72.1 Å². The van der Waals surface area contributed by atoms with Gasteiger partial charge in [0.05, 0.1) is 4.53 Å². The molecule has 0 saturated heterocycles. The first kappa shape index (κ1) is 72.6. The molecule has 0 fully saturated rings. The fourth-order valence-corrected chi connectivity index (χ4v) is 21.1. The van der Waals surface area contributed by atoms with Crippen molar-refractivity contribution >= 4 is 103 Å². The third-order valence-electron chi connectivity index (χ3n) is 18.8. The number of ether oxygens (including phenoxy) is 1. The zero-order valence-corrected chi connectivity index (χ0v) is 62.3. The summed E-state index contributed by atoms with van der Waals surface area (Å²) in [6.45, 7) is 19.3. The number of nitriles is 1. The normalized spacial score (nSPS) is 13.2. The SMILES string of the molecule is CCCCCCc1cc(-c2sc(-c3sc(-c4sc(-c5sc(-c6ccc7c(c6)C(C)(C)c6ccccc6N7CCCCCC)cc5CCCCCC)cc4CCCCCC)cc3CCCCCC)cc2CCCCCC)sc1C=c1s/c(=C(\C#N)C(=O)O)n(COC=O)c1=O. The summed E-state index contributed by atoms with van der Waals surface area (Å²) in [6, 6.07) is 31.0. The summed E-state index contributed by atoms with van der Waals surface area (Å²) in [6.07, 6.45) is 35.4. The molecule has 2 aromatic carbocycles. The van der Waals surface area contributed by atoms with Crippen LogP contribution in [0.5, 0.6) is 0 Å². The maximum atomic E-state index is 14.1. The number of aryl methyl sites for hydroxylation is 5. The summed E-state index contributed by atoms with van der Waals surface area (Å²) in [4.78, 5) is 53.6. The van der Waals surface area contributed by atoms with E-state index >= 15 is 0 Å². The molecule has 1 aliphatic heterocycles. The summed E-state index contributed by atoms with van der Waals surface area (Å²) < 4.78 is 6.33. The van der Waals surface area contributed by atoms with Crippen LogP contribution in [0.1, 0.15) is 253 Å². The smallest absolute Gasteiger partial charge is 0.349 e. The van der Waals surface area contributed by atoms with E-state index in [4.69, 9.17) is 4.74 Å². The maximum Gasteiger partial charge on any atom is 0.349 e. The number of nitrogens with zero attached hydrogens (tertiary/aromatic N) is 3. The second-order valence-electron chi connectivity index (χ2n) is 26.3. The average Bonchev–Trinajstić information content (AvgIpc) is 1.18. The number of para-hydroxylation sites is 1. The second-order valence-corrected chi connectivity index (χ2v) is 32.7. The van der Waals surface area contributed by atoms with E-state index in [0.717, 1.165) is 104 Å². The monoisotopic (exact) mass is 1380 g/mol. The van der Waals surface area contributed by atoms with Crippen LogP contribution in [0.2, 0.25) is 0 Å². The van der Waals surface area contributed by atoms with E-state index in [9.17, 15) is 24.8 Å². The van der Waals surface area contributed by atoms with Gasteiger partial charge >= 0.3 is 5.97 Å². The summed E-state index contributed by atoms with van der Waals surface area (Å²) in [7, 11) is 0. The Labute approximate surface area is 585 Å². The molecule has 0 atom stereocenters. The number of aromatic nitrogens is 1. The first-order valence-electron chi connectivity index (χ1n) is 35.6. The molecule has 0 amide bonds. The van der Waals surface area contributed by atoms with Crippen LogP contribution >= 0.6 is 68.0 Å². The number of fused-ring (bicyclic) bond motifs is 2. The summed E-state index contributed by atoms with van der Waals surface area (Å²) >= 11 is 10.7. The number of carboxylic acid groups (broad SMARTS) is 1. The Kier molecular flexibility index (Phi) is 27.9. The Morgan fingerprint density at radius 3 is 1.41 bits per heavy atom. The van der Waals surface area contributed by atoms with Crippen LogP contribution in [0.4, 0.5) is 11.4 Å². The fraction of sp³-hybridized carbons (Fsp3) is 0.500. The molecule has 0 saturated carbocycles. The van der Waals surface area contributed by atoms with Crippen molar-refractivity contribution in [1.29, 1.82) is 5.26 Å². The lowest BCUT2D eigenvalue weighted by Gasteiger charge is -2.42. The van der Waals surface area contributed by atoms with Gasteiger partial charge in [-0.15, -0.1) is 68.0 Å². The number of hydrogen-bond donors (Lipinski definition) is 1. The van der Waals surface area contributed by atoms with Gasteiger partial charge in [0.15, 0.2) is 12.3 Å². The van der Waals surface area contributed by atoms with E-state index in [2.05, 4.69) is 133 Å². The summed E-state index contributed by atoms with van der Waals surface area (Å²) in [5.74, 6) is -1.44. The second kappa shape index (κ2) is 36.1. The van der Waals surface area contributed by atoms with E-state index in [1.54, 1.807) is 17.4 Å². The van der Waals surface area contributed by atoms with Crippen molar-refractivity contribution in [2.24, 2.45) is 0 Å². The van der Waals surface area contributed by atoms with Crippen LogP contribution in [0.3, 0.4) is 0 Å². The average molecular weight is 1380 g/mol. The Hall–Kier alpha value is -5.66. The zero-order chi connectivity index (χ0) is 66.6. The minimum Gasteiger partial charge on any atom is -0.477 e. The number of carbonyl (C=O) groups excluding carboxylic acids is 1. The molecule has 0 spiro atoms. The van der Waals surface area contributed by atoms with E-state index in [1.807, 2.05) is 51.4 Å². The quantitative estimate of drug-likeness (QED) is 0.0301. The topological polar surface area (TPSA) is 113 Å². The molecule has 0 radical (unpaired) electrons. The first-order valence-corrected chi connectivity index (χ1v) is 40.5. The minimum absolute atomic E-state index is 0.0461. The molecule has 9 rings (SSSR count). The lowest BCUT2D eigenvalue weighted by molar-refractivity contribution is -0.132. The van der Waals surface area contributed by atoms with Crippen molar-refractivity contribution in [3.8, 4) is 55.5 Å². The largest absolute Gasteiger partial charge is 0.477 e. The number of unbranched alkanes of at least 4 members (excludes halogenated alkanes) is 18. The number of carbonyl (C=O) groups is 2. The Bertz CT molecular complexity index is 4020. The molecule has 94 heavy (non-hydrogen) atoms. The molecule has 8 aromatic rings. The van der Waals surface area contributed by atoms with Gasteiger partial charge < -0.3 is 14.7 Å². The molecule has 1 aliphatic rings. The Balaban J connectivity index is 1.16. The van der Waals surface area contributed by atoms with Crippen molar-refractivity contribution < 1.29 is 19.4 Å². The van der Waals surface area contributed by atoms with Crippen LogP contribution in [-0.2, 0) is 58.6 Å². The predicted octanol–water partition coefficient (Wildman–Crippen LogP) is 23.2. The number of anilines is 2. The lowest BCUT2D eigenvalue weighted by Crippen LogP contribution is -2.33. The Morgan fingerprint density at radius 1 is 0.521 bits per heavy atom. The van der Waals surface area contributed by atoms with E-state index < -0.39 is 23.8 Å². The molecule has 14 heteroatoms. The highest BCUT2D eigenvalue weighted by molar-refractivity contribution is 7.30. The third-order valence-corrected chi connectivity index (χ3v) is 26.5. The van der Waals surface area contributed by atoms with Crippen molar-refractivity contribution in [3.05, 3.63) is 136 Å². The van der Waals surface area contributed by atoms with Gasteiger partial charge in [0.1, 0.15) is 10.7 Å². The van der Waals surface area contributed by atoms with E-state index in [1.165, 1.54) is 210 Å². The molecule has 0 bridgehead atoms. The number of aliphatic carboxylic acids is 1. The van der Waals surface area contributed by atoms with Crippen molar-refractivity contribution in [2.45, 2.75) is 254 Å². The molecular formula is C80H101N3O5S6. The molecule has 0 aliphatic carbocycles. The van der Waals surface area contributed by atoms with Gasteiger partial charge in [0.2, 0.25) is 0 Å². The minimum atomic E-state index is -1.44. The van der Waals surface area contributed by atoms with Crippen LogP contribution in [-0.4, -0.2) is 28.7 Å². The summed E-state index contributed by atoms with van der Waals surface area (Å²) in [5, 5.41) is 19.9. The van der Waals surface area contributed by atoms with Gasteiger partial charge in [-0.25, -0.2) is 4.79 Å². The fourth-order valence-electron chi connectivity index (χ4n) is 13.5. The number of carboxylic acids is 1. The number of thiophene rings is 5. The molecule has 8 nitrogen and oxygen atoms in total. The highest BCUT2D eigenvalue weighted by Crippen LogP contribution is 2.54. The van der Waals surface area contributed by atoms with Crippen LogP contribution in [0.15, 0.2) is 77.6 Å². The zero-order valence-electron chi connectivity index (χ0n) is 57.4.